The summed E-state index contributed by atoms with van der Waals surface area (Å²) in [5.41, 5.74) is 0. The lowest BCUT2D eigenvalue weighted by Gasteiger charge is -2.30. The standard InChI is InChI=1S/C8H9NO3S/c1-2-7(10)9-3-4-13-5-6(9)8(11)12/h1,6H,3-5H2,(H,11,12). The molecule has 1 fully saturated rings. The number of amides is 1. The molecule has 1 amide bonds. The van der Waals surface area contributed by atoms with Crippen molar-refractivity contribution in [1.82, 2.24) is 4.90 Å². The molecule has 1 aliphatic rings. The van der Waals surface area contributed by atoms with Gasteiger partial charge in [0.15, 0.2) is 0 Å². The molecule has 0 aromatic heterocycles. The van der Waals surface area contributed by atoms with Gasteiger partial charge in [-0.25, -0.2) is 4.79 Å². The molecule has 5 heteroatoms. The third kappa shape index (κ3) is 2.16. The average molecular weight is 199 g/mol. The van der Waals surface area contributed by atoms with Gasteiger partial charge in [0, 0.05) is 18.1 Å². The second-order valence-electron chi connectivity index (χ2n) is 2.57. The number of carbonyl (C=O) groups is 2. The number of hydrogen-bond donors (Lipinski definition) is 1. The van der Waals surface area contributed by atoms with Gasteiger partial charge in [0.25, 0.3) is 5.91 Å². The van der Waals surface area contributed by atoms with E-state index in [0.29, 0.717) is 12.3 Å². The van der Waals surface area contributed by atoms with Crippen molar-refractivity contribution < 1.29 is 14.7 Å². The van der Waals surface area contributed by atoms with E-state index < -0.39 is 17.9 Å². The maximum absolute atomic E-state index is 11.1. The van der Waals surface area contributed by atoms with Crippen LogP contribution < -0.4 is 0 Å². The number of aliphatic carboxylic acids is 1. The normalized spacial score (nSPS) is 22.1. The Balaban J connectivity index is 2.74. The lowest BCUT2D eigenvalue weighted by atomic mass is 10.2. The molecule has 0 aliphatic carbocycles. The van der Waals surface area contributed by atoms with E-state index in [0.717, 1.165) is 5.75 Å². The number of rotatable bonds is 1. The Morgan fingerprint density at radius 3 is 2.85 bits per heavy atom. The Morgan fingerprint density at radius 1 is 1.62 bits per heavy atom. The molecule has 0 aromatic carbocycles. The van der Waals surface area contributed by atoms with Gasteiger partial charge in [-0.3, -0.25) is 4.79 Å². The van der Waals surface area contributed by atoms with Gasteiger partial charge in [-0.1, -0.05) is 0 Å². The molecular weight excluding hydrogens is 190 g/mol. The van der Waals surface area contributed by atoms with E-state index in [4.69, 9.17) is 11.5 Å². The fourth-order valence-corrected chi connectivity index (χ4v) is 2.17. The summed E-state index contributed by atoms with van der Waals surface area (Å²) in [6.45, 7) is 0.421. The lowest BCUT2D eigenvalue weighted by Crippen LogP contribution is -2.49. The first-order valence-corrected chi connectivity index (χ1v) is 4.90. The zero-order valence-electron chi connectivity index (χ0n) is 6.90. The molecule has 13 heavy (non-hydrogen) atoms. The van der Waals surface area contributed by atoms with E-state index in [-0.39, 0.29) is 0 Å². The minimum absolute atomic E-state index is 0.419. The molecule has 1 unspecified atom stereocenters. The fourth-order valence-electron chi connectivity index (χ4n) is 1.13. The van der Waals surface area contributed by atoms with E-state index in [2.05, 4.69) is 0 Å². The summed E-state index contributed by atoms with van der Waals surface area (Å²) in [5.74, 6) is 1.58. The smallest absolute Gasteiger partial charge is 0.327 e. The molecule has 0 spiro atoms. The fraction of sp³-hybridized carbons (Fsp3) is 0.500. The van der Waals surface area contributed by atoms with Crippen molar-refractivity contribution in [2.24, 2.45) is 0 Å². The van der Waals surface area contributed by atoms with E-state index >= 15 is 0 Å². The molecule has 70 valence electrons. The molecule has 0 saturated carbocycles. The number of nitrogens with zero attached hydrogens (tertiary/aromatic N) is 1. The summed E-state index contributed by atoms with van der Waals surface area (Å²) in [7, 11) is 0. The molecule has 0 bridgehead atoms. The highest BCUT2D eigenvalue weighted by atomic mass is 32.2. The summed E-state index contributed by atoms with van der Waals surface area (Å²) in [6.07, 6.45) is 4.92. The van der Waals surface area contributed by atoms with Gasteiger partial charge in [0.05, 0.1) is 0 Å². The number of carbonyl (C=O) groups excluding carboxylic acids is 1. The number of hydrogen-bond acceptors (Lipinski definition) is 3. The molecule has 4 nitrogen and oxygen atoms in total. The highest BCUT2D eigenvalue weighted by Gasteiger charge is 2.31. The Morgan fingerprint density at radius 2 is 2.31 bits per heavy atom. The number of carboxylic acid groups (broad SMARTS) is 1. The number of carboxylic acids is 1. The molecular formula is C8H9NO3S. The second-order valence-corrected chi connectivity index (χ2v) is 3.72. The van der Waals surface area contributed by atoms with Crippen molar-refractivity contribution in [3.63, 3.8) is 0 Å². The van der Waals surface area contributed by atoms with Crippen molar-refractivity contribution in [3.05, 3.63) is 0 Å². The molecule has 0 aromatic rings. The van der Waals surface area contributed by atoms with Crippen LogP contribution in [0.15, 0.2) is 0 Å². The van der Waals surface area contributed by atoms with Crippen LogP contribution in [0.3, 0.4) is 0 Å². The monoisotopic (exact) mass is 199 g/mol. The van der Waals surface area contributed by atoms with E-state index in [9.17, 15) is 9.59 Å². The van der Waals surface area contributed by atoms with Gasteiger partial charge >= 0.3 is 5.97 Å². The Labute approximate surface area is 80.3 Å². The first-order chi connectivity index (χ1) is 6.16. The summed E-state index contributed by atoms with van der Waals surface area (Å²) in [4.78, 5) is 23.0. The van der Waals surface area contributed by atoms with Crippen LogP contribution >= 0.6 is 11.8 Å². The van der Waals surface area contributed by atoms with E-state index in [1.165, 1.54) is 16.7 Å². The third-order valence-electron chi connectivity index (χ3n) is 1.80. The maximum Gasteiger partial charge on any atom is 0.327 e. The van der Waals surface area contributed by atoms with Crippen LogP contribution in [0.25, 0.3) is 0 Å². The Kier molecular flexibility index (Phi) is 3.20. The summed E-state index contributed by atoms with van der Waals surface area (Å²) in [6, 6.07) is -0.762. The summed E-state index contributed by atoms with van der Waals surface area (Å²) < 4.78 is 0. The average Bonchev–Trinajstić information content (AvgIpc) is 2.16. The number of terminal acetylenes is 1. The lowest BCUT2D eigenvalue weighted by molar-refractivity contribution is -0.147. The van der Waals surface area contributed by atoms with Crippen molar-refractivity contribution in [2.45, 2.75) is 6.04 Å². The largest absolute Gasteiger partial charge is 0.480 e. The first kappa shape index (κ1) is 9.93. The van der Waals surface area contributed by atoms with Crippen molar-refractivity contribution in [2.75, 3.05) is 18.1 Å². The minimum atomic E-state index is -0.990. The highest BCUT2D eigenvalue weighted by Crippen LogP contribution is 2.16. The highest BCUT2D eigenvalue weighted by molar-refractivity contribution is 7.99. The van der Waals surface area contributed by atoms with Gasteiger partial charge in [0.1, 0.15) is 6.04 Å². The van der Waals surface area contributed by atoms with Crippen LogP contribution in [0.2, 0.25) is 0 Å². The molecule has 1 N–H and O–H groups in total. The Hall–Kier alpha value is -1.15. The quantitative estimate of drug-likeness (QED) is 0.586. The van der Waals surface area contributed by atoms with Crippen LogP contribution in [0.4, 0.5) is 0 Å². The van der Waals surface area contributed by atoms with Crippen LogP contribution in [-0.2, 0) is 9.59 Å². The topological polar surface area (TPSA) is 57.6 Å². The predicted octanol–water partition coefficient (Wildman–Crippen LogP) is -0.352. The summed E-state index contributed by atoms with van der Waals surface area (Å²) in [5, 5.41) is 8.78. The molecule has 0 radical (unpaired) electrons. The minimum Gasteiger partial charge on any atom is -0.480 e. The van der Waals surface area contributed by atoms with Crippen molar-refractivity contribution in [3.8, 4) is 12.3 Å². The SMILES string of the molecule is C#CC(=O)N1CCSCC1C(=O)O. The van der Waals surface area contributed by atoms with Gasteiger partial charge in [-0.05, 0) is 5.92 Å². The molecule has 1 atom stereocenters. The van der Waals surface area contributed by atoms with E-state index in [1.54, 1.807) is 0 Å². The van der Waals surface area contributed by atoms with Crippen LogP contribution in [0.5, 0.6) is 0 Å². The van der Waals surface area contributed by atoms with Gasteiger partial charge in [-0.15, -0.1) is 6.42 Å². The summed E-state index contributed by atoms with van der Waals surface area (Å²) >= 11 is 1.52. The Bertz CT molecular complexity index is 271. The van der Waals surface area contributed by atoms with Gasteiger partial charge in [-0.2, -0.15) is 11.8 Å². The van der Waals surface area contributed by atoms with Crippen molar-refractivity contribution in [1.29, 1.82) is 0 Å². The van der Waals surface area contributed by atoms with Crippen LogP contribution in [0.1, 0.15) is 0 Å². The van der Waals surface area contributed by atoms with Gasteiger partial charge < -0.3 is 10.0 Å². The second kappa shape index (κ2) is 4.19. The number of thioether (sulfide) groups is 1. The zero-order valence-corrected chi connectivity index (χ0v) is 7.71. The predicted molar refractivity (Wildman–Crippen MR) is 49.3 cm³/mol. The molecule has 1 aliphatic heterocycles. The van der Waals surface area contributed by atoms with E-state index in [1.807, 2.05) is 5.92 Å². The van der Waals surface area contributed by atoms with Crippen LogP contribution in [0, 0.1) is 12.3 Å². The zero-order chi connectivity index (χ0) is 9.84. The molecule has 1 rings (SSSR count). The molecule has 1 heterocycles. The first-order valence-electron chi connectivity index (χ1n) is 3.74. The third-order valence-corrected chi connectivity index (χ3v) is 2.82. The molecule has 1 saturated heterocycles. The van der Waals surface area contributed by atoms with Crippen LogP contribution in [-0.4, -0.2) is 46.0 Å². The van der Waals surface area contributed by atoms with Crippen molar-refractivity contribution >= 4 is 23.6 Å². The van der Waals surface area contributed by atoms with Gasteiger partial charge in [0.2, 0.25) is 0 Å². The maximum atomic E-state index is 11.1.